The Morgan fingerprint density at radius 3 is 2.20 bits per heavy atom. The second-order valence-electron chi connectivity index (χ2n) is 5.58. The molecule has 0 fully saturated rings. The van der Waals surface area contributed by atoms with Crippen molar-refractivity contribution in [3.63, 3.8) is 0 Å². The molecule has 25 heavy (non-hydrogen) atoms. The van der Waals surface area contributed by atoms with Crippen LogP contribution < -0.4 is 14.2 Å². The van der Waals surface area contributed by atoms with Crippen molar-refractivity contribution in [3.05, 3.63) is 53.6 Å². The molecule has 0 saturated heterocycles. The minimum absolute atomic E-state index is 0.118. The monoisotopic (exact) mass is 340 g/mol. The number of benzene rings is 2. The first-order valence-corrected chi connectivity index (χ1v) is 7.88. The molecule has 0 unspecified atom stereocenters. The molecule has 0 aromatic heterocycles. The summed E-state index contributed by atoms with van der Waals surface area (Å²) in [7, 11) is 4.71. The van der Waals surface area contributed by atoms with Gasteiger partial charge in [-0.25, -0.2) is 5.01 Å². The SMILES string of the molecule is COc1cc(C2=NN(C=O)[C@H](c3ccccc3)C2)cc(OC)c1OC. The summed E-state index contributed by atoms with van der Waals surface area (Å²) in [6.07, 6.45) is 1.37. The van der Waals surface area contributed by atoms with Gasteiger partial charge >= 0.3 is 0 Å². The van der Waals surface area contributed by atoms with E-state index in [2.05, 4.69) is 5.10 Å². The molecule has 1 heterocycles. The van der Waals surface area contributed by atoms with Crippen molar-refractivity contribution >= 4 is 12.1 Å². The third-order valence-electron chi connectivity index (χ3n) is 4.23. The first-order chi connectivity index (χ1) is 12.2. The van der Waals surface area contributed by atoms with E-state index in [1.807, 2.05) is 42.5 Å². The number of hydrazone groups is 1. The van der Waals surface area contributed by atoms with E-state index in [4.69, 9.17) is 14.2 Å². The lowest BCUT2D eigenvalue weighted by Gasteiger charge is -2.17. The van der Waals surface area contributed by atoms with Crippen LogP contribution in [0.1, 0.15) is 23.6 Å². The molecule has 0 saturated carbocycles. The van der Waals surface area contributed by atoms with Gasteiger partial charge in [-0.3, -0.25) is 4.79 Å². The summed E-state index contributed by atoms with van der Waals surface area (Å²) in [6, 6.07) is 13.4. The second-order valence-corrected chi connectivity index (χ2v) is 5.58. The molecular formula is C19H20N2O4. The first kappa shape index (κ1) is 16.8. The highest BCUT2D eigenvalue weighted by Crippen LogP contribution is 2.40. The van der Waals surface area contributed by atoms with Crippen LogP contribution in [0.25, 0.3) is 0 Å². The van der Waals surface area contributed by atoms with Gasteiger partial charge in [0.05, 0.1) is 33.1 Å². The molecule has 1 aliphatic rings. The Kier molecular flexibility index (Phi) is 4.88. The van der Waals surface area contributed by atoms with Gasteiger partial charge in [-0.05, 0) is 17.7 Å². The molecular weight excluding hydrogens is 320 g/mol. The highest BCUT2D eigenvalue weighted by Gasteiger charge is 2.29. The fourth-order valence-corrected chi connectivity index (χ4v) is 2.99. The predicted molar refractivity (Wildman–Crippen MR) is 94.3 cm³/mol. The number of methoxy groups -OCH3 is 3. The molecule has 130 valence electrons. The summed E-state index contributed by atoms with van der Waals surface area (Å²) >= 11 is 0. The average molecular weight is 340 g/mol. The zero-order chi connectivity index (χ0) is 17.8. The molecule has 0 N–H and O–H groups in total. The number of rotatable bonds is 6. The van der Waals surface area contributed by atoms with Gasteiger partial charge in [0.2, 0.25) is 12.2 Å². The zero-order valence-corrected chi connectivity index (χ0v) is 14.4. The summed E-state index contributed by atoms with van der Waals surface area (Å²) < 4.78 is 16.2. The molecule has 2 aromatic rings. The lowest BCUT2D eigenvalue weighted by atomic mass is 9.98. The van der Waals surface area contributed by atoms with Crippen molar-refractivity contribution in [2.24, 2.45) is 5.10 Å². The van der Waals surface area contributed by atoms with Crippen molar-refractivity contribution < 1.29 is 19.0 Å². The Labute approximate surface area is 146 Å². The van der Waals surface area contributed by atoms with E-state index in [-0.39, 0.29) is 6.04 Å². The van der Waals surface area contributed by atoms with Gasteiger partial charge in [-0.2, -0.15) is 5.10 Å². The number of carbonyl (C=O) groups excluding carboxylic acids is 1. The van der Waals surface area contributed by atoms with Gasteiger partial charge in [-0.1, -0.05) is 30.3 Å². The lowest BCUT2D eigenvalue weighted by molar-refractivity contribution is -0.119. The molecule has 2 aromatic carbocycles. The largest absolute Gasteiger partial charge is 0.493 e. The van der Waals surface area contributed by atoms with Crippen molar-refractivity contribution in [2.45, 2.75) is 12.5 Å². The fourth-order valence-electron chi connectivity index (χ4n) is 2.99. The molecule has 1 amide bonds. The smallest absolute Gasteiger partial charge is 0.230 e. The number of amides is 1. The second kappa shape index (κ2) is 7.25. The van der Waals surface area contributed by atoms with Crippen LogP contribution in [0.2, 0.25) is 0 Å². The van der Waals surface area contributed by atoms with E-state index in [0.29, 0.717) is 23.7 Å². The maximum absolute atomic E-state index is 11.5. The number of hydrogen-bond acceptors (Lipinski definition) is 5. The van der Waals surface area contributed by atoms with Crippen molar-refractivity contribution in [1.29, 1.82) is 0 Å². The lowest BCUT2D eigenvalue weighted by Crippen LogP contribution is -2.17. The van der Waals surface area contributed by atoms with Gasteiger partial charge < -0.3 is 14.2 Å². The van der Waals surface area contributed by atoms with E-state index in [1.54, 1.807) is 21.3 Å². The normalized spacial score (nSPS) is 16.4. The minimum atomic E-state index is -0.118. The number of hydrogen-bond donors (Lipinski definition) is 0. The van der Waals surface area contributed by atoms with E-state index < -0.39 is 0 Å². The quantitative estimate of drug-likeness (QED) is 0.759. The van der Waals surface area contributed by atoms with Crippen LogP contribution in [0.15, 0.2) is 47.6 Å². The summed E-state index contributed by atoms with van der Waals surface area (Å²) in [4.78, 5) is 11.5. The highest BCUT2D eigenvalue weighted by molar-refractivity contribution is 6.03. The summed E-state index contributed by atoms with van der Waals surface area (Å²) in [5.74, 6) is 1.64. The van der Waals surface area contributed by atoms with Crippen LogP contribution >= 0.6 is 0 Å². The molecule has 1 atom stereocenters. The van der Waals surface area contributed by atoms with Crippen LogP contribution in [-0.2, 0) is 4.79 Å². The van der Waals surface area contributed by atoms with Crippen LogP contribution in [0.3, 0.4) is 0 Å². The van der Waals surface area contributed by atoms with Gasteiger partial charge in [0.15, 0.2) is 11.5 Å². The van der Waals surface area contributed by atoms with Crippen LogP contribution in [-0.4, -0.2) is 38.5 Å². The fraction of sp³-hybridized carbons (Fsp3) is 0.263. The average Bonchev–Trinajstić information content (AvgIpc) is 3.11. The maximum atomic E-state index is 11.5. The van der Waals surface area contributed by atoms with E-state index >= 15 is 0 Å². The summed E-state index contributed by atoms with van der Waals surface area (Å²) in [5, 5.41) is 5.92. The predicted octanol–water partition coefficient (Wildman–Crippen LogP) is 3.02. The standard InChI is InChI=1S/C19H20N2O4/c1-23-17-9-14(10-18(24-2)19(17)25-3)15-11-16(21(12-22)20-15)13-7-5-4-6-8-13/h4-10,12,16H,11H2,1-3H3/t16-/m0/s1. The summed E-state index contributed by atoms with van der Waals surface area (Å²) in [6.45, 7) is 0. The Hall–Kier alpha value is -3.02. The van der Waals surface area contributed by atoms with Crippen molar-refractivity contribution in [1.82, 2.24) is 5.01 Å². The first-order valence-electron chi connectivity index (χ1n) is 7.88. The Morgan fingerprint density at radius 2 is 1.68 bits per heavy atom. The Bertz CT molecular complexity index is 764. The molecule has 0 spiro atoms. The number of carbonyl (C=O) groups is 1. The Morgan fingerprint density at radius 1 is 1.04 bits per heavy atom. The molecule has 6 heteroatoms. The topological polar surface area (TPSA) is 60.4 Å². The van der Waals surface area contributed by atoms with Gasteiger partial charge in [0, 0.05) is 12.0 Å². The van der Waals surface area contributed by atoms with Crippen LogP contribution in [0.4, 0.5) is 0 Å². The molecule has 6 nitrogen and oxygen atoms in total. The molecule has 1 aliphatic heterocycles. The Balaban J connectivity index is 1.98. The third kappa shape index (κ3) is 3.15. The van der Waals surface area contributed by atoms with Gasteiger partial charge in [-0.15, -0.1) is 0 Å². The zero-order valence-electron chi connectivity index (χ0n) is 14.4. The molecule has 0 bridgehead atoms. The van der Waals surface area contributed by atoms with Gasteiger partial charge in [0.25, 0.3) is 0 Å². The molecule has 3 rings (SSSR count). The number of ether oxygens (including phenoxy) is 3. The molecule has 0 radical (unpaired) electrons. The maximum Gasteiger partial charge on any atom is 0.230 e. The van der Waals surface area contributed by atoms with Crippen molar-refractivity contribution in [2.75, 3.05) is 21.3 Å². The van der Waals surface area contributed by atoms with Gasteiger partial charge in [0.1, 0.15) is 0 Å². The third-order valence-corrected chi connectivity index (χ3v) is 4.23. The van der Waals surface area contributed by atoms with Crippen LogP contribution in [0, 0.1) is 0 Å². The van der Waals surface area contributed by atoms with E-state index in [1.165, 1.54) is 5.01 Å². The molecule has 0 aliphatic carbocycles. The number of nitrogens with zero attached hydrogens (tertiary/aromatic N) is 2. The minimum Gasteiger partial charge on any atom is -0.493 e. The summed E-state index contributed by atoms with van der Waals surface area (Å²) in [5.41, 5.74) is 2.67. The van der Waals surface area contributed by atoms with E-state index in [0.717, 1.165) is 23.2 Å². The van der Waals surface area contributed by atoms with Crippen LogP contribution in [0.5, 0.6) is 17.2 Å². The van der Waals surface area contributed by atoms with E-state index in [9.17, 15) is 4.79 Å². The van der Waals surface area contributed by atoms with Crippen molar-refractivity contribution in [3.8, 4) is 17.2 Å². The highest BCUT2D eigenvalue weighted by atomic mass is 16.5.